The van der Waals surface area contributed by atoms with Gasteiger partial charge in [-0.2, -0.15) is 0 Å². The summed E-state index contributed by atoms with van der Waals surface area (Å²) in [6.07, 6.45) is 0. The van der Waals surface area contributed by atoms with Crippen molar-refractivity contribution in [3.8, 4) is 16.9 Å². The first-order valence-corrected chi connectivity index (χ1v) is 5.59. The normalized spacial score (nSPS) is 10.4. The zero-order valence-corrected chi connectivity index (χ0v) is 10.2. The summed E-state index contributed by atoms with van der Waals surface area (Å²) in [5, 5.41) is 10.5. The number of hydrogen-bond donors (Lipinski definition) is 1. The fraction of sp³-hybridized carbons (Fsp3) is 0.0769. The van der Waals surface area contributed by atoms with Crippen LogP contribution < -0.4 is 0 Å². The number of benzene rings is 2. The van der Waals surface area contributed by atoms with Crippen molar-refractivity contribution in [2.75, 3.05) is 0 Å². The van der Waals surface area contributed by atoms with Gasteiger partial charge in [-0.25, -0.2) is 0 Å². The molecule has 2 rings (SSSR count). The highest BCUT2D eigenvalue weighted by molar-refractivity contribution is 6.43. The van der Waals surface area contributed by atoms with E-state index in [1.807, 2.05) is 31.2 Å². The summed E-state index contributed by atoms with van der Waals surface area (Å²) in [6, 6.07) is 10.9. The number of halogens is 2. The Bertz CT molecular complexity index is 535. The Morgan fingerprint density at radius 1 is 1.06 bits per heavy atom. The Labute approximate surface area is 104 Å². The molecule has 0 bridgehead atoms. The van der Waals surface area contributed by atoms with E-state index in [-0.39, 0.29) is 5.75 Å². The van der Waals surface area contributed by atoms with Crippen LogP contribution >= 0.6 is 23.2 Å². The van der Waals surface area contributed by atoms with Crippen LogP contribution in [0.2, 0.25) is 10.0 Å². The van der Waals surface area contributed by atoms with Crippen LogP contribution in [0, 0.1) is 6.92 Å². The van der Waals surface area contributed by atoms with Crippen LogP contribution in [0.4, 0.5) is 0 Å². The number of phenols is 1. The summed E-state index contributed by atoms with van der Waals surface area (Å²) in [7, 11) is 0. The third kappa shape index (κ3) is 2.01. The van der Waals surface area contributed by atoms with Crippen LogP contribution in [0.25, 0.3) is 11.1 Å². The Kier molecular flexibility index (Phi) is 3.08. The number of phenolic OH excluding ortho intramolecular Hbond substituents is 1. The minimum absolute atomic E-state index is 0.280. The van der Waals surface area contributed by atoms with E-state index in [1.165, 1.54) is 0 Å². The summed E-state index contributed by atoms with van der Waals surface area (Å²) in [6.45, 7) is 1.84. The lowest BCUT2D eigenvalue weighted by Gasteiger charge is -2.07. The number of rotatable bonds is 1. The molecular formula is C13H10Cl2O. The molecular weight excluding hydrogens is 243 g/mol. The molecule has 0 aliphatic rings. The minimum atomic E-state index is 0.280. The molecule has 2 aromatic carbocycles. The quantitative estimate of drug-likeness (QED) is 0.782. The van der Waals surface area contributed by atoms with Crippen molar-refractivity contribution in [2.45, 2.75) is 6.92 Å². The molecule has 1 nitrogen and oxygen atoms in total. The summed E-state index contributed by atoms with van der Waals surface area (Å²) >= 11 is 12.1. The monoisotopic (exact) mass is 252 g/mol. The maximum Gasteiger partial charge on any atom is 0.118 e. The van der Waals surface area contributed by atoms with Gasteiger partial charge in [0.15, 0.2) is 0 Å². The van der Waals surface area contributed by atoms with E-state index >= 15 is 0 Å². The maximum absolute atomic E-state index is 9.46. The first-order chi connectivity index (χ1) is 7.59. The van der Waals surface area contributed by atoms with Crippen molar-refractivity contribution in [3.05, 3.63) is 52.0 Å². The largest absolute Gasteiger partial charge is 0.508 e. The molecule has 1 N–H and O–H groups in total. The zero-order valence-electron chi connectivity index (χ0n) is 8.67. The third-order valence-electron chi connectivity index (χ3n) is 2.46. The van der Waals surface area contributed by atoms with E-state index in [2.05, 4.69) is 0 Å². The smallest absolute Gasteiger partial charge is 0.118 e. The first kappa shape index (κ1) is 11.3. The minimum Gasteiger partial charge on any atom is -0.508 e. The molecule has 0 fully saturated rings. The van der Waals surface area contributed by atoms with Gasteiger partial charge in [0.1, 0.15) is 5.75 Å². The van der Waals surface area contributed by atoms with E-state index < -0.39 is 0 Å². The average molecular weight is 253 g/mol. The van der Waals surface area contributed by atoms with E-state index in [0.717, 1.165) is 16.7 Å². The predicted octanol–water partition coefficient (Wildman–Crippen LogP) is 4.67. The van der Waals surface area contributed by atoms with Crippen molar-refractivity contribution in [3.63, 3.8) is 0 Å². The Hall–Kier alpha value is -1.18. The molecule has 0 atom stereocenters. The molecule has 0 heterocycles. The van der Waals surface area contributed by atoms with E-state index in [4.69, 9.17) is 23.2 Å². The van der Waals surface area contributed by atoms with Crippen molar-refractivity contribution in [2.24, 2.45) is 0 Å². The van der Waals surface area contributed by atoms with Crippen LogP contribution in [0.3, 0.4) is 0 Å². The average Bonchev–Trinajstić information content (AvgIpc) is 2.26. The van der Waals surface area contributed by atoms with Gasteiger partial charge in [0.2, 0.25) is 0 Å². The number of aryl methyl sites for hydroxylation is 1. The Morgan fingerprint density at radius 2 is 1.81 bits per heavy atom. The SMILES string of the molecule is Cc1cc(-c2cccc(Cl)c2Cl)ccc1O. The van der Waals surface area contributed by atoms with Crippen molar-refractivity contribution < 1.29 is 5.11 Å². The van der Waals surface area contributed by atoms with Crippen molar-refractivity contribution >= 4 is 23.2 Å². The van der Waals surface area contributed by atoms with Crippen molar-refractivity contribution in [1.82, 2.24) is 0 Å². The first-order valence-electron chi connectivity index (χ1n) is 4.83. The molecule has 0 unspecified atom stereocenters. The lowest BCUT2D eigenvalue weighted by molar-refractivity contribution is 0.471. The zero-order chi connectivity index (χ0) is 11.7. The molecule has 16 heavy (non-hydrogen) atoms. The van der Waals surface area contributed by atoms with Crippen LogP contribution in [0.15, 0.2) is 36.4 Å². The third-order valence-corrected chi connectivity index (χ3v) is 3.28. The summed E-state index contributed by atoms with van der Waals surface area (Å²) in [4.78, 5) is 0. The second kappa shape index (κ2) is 4.36. The molecule has 0 aliphatic carbocycles. The van der Waals surface area contributed by atoms with Gasteiger partial charge < -0.3 is 5.11 Å². The summed E-state index contributed by atoms with van der Waals surface area (Å²) in [5.41, 5.74) is 2.63. The fourth-order valence-electron chi connectivity index (χ4n) is 1.55. The topological polar surface area (TPSA) is 20.2 Å². The van der Waals surface area contributed by atoms with E-state index in [1.54, 1.807) is 12.1 Å². The fourth-order valence-corrected chi connectivity index (χ4v) is 1.96. The molecule has 0 aliphatic heterocycles. The van der Waals surface area contributed by atoms with Gasteiger partial charge in [0.05, 0.1) is 10.0 Å². The summed E-state index contributed by atoms with van der Waals surface area (Å²) in [5.74, 6) is 0.280. The van der Waals surface area contributed by atoms with Gasteiger partial charge >= 0.3 is 0 Å². The molecule has 0 aromatic heterocycles. The standard InChI is InChI=1S/C13H10Cl2O/c1-8-7-9(5-6-12(8)16)10-3-2-4-11(14)13(10)15/h2-7,16H,1H3. The van der Waals surface area contributed by atoms with Gasteiger partial charge in [-0.05, 0) is 36.2 Å². The van der Waals surface area contributed by atoms with E-state index in [9.17, 15) is 5.11 Å². The highest BCUT2D eigenvalue weighted by atomic mass is 35.5. The Balaban J connectivity index is 2.59. The van der Waals surface area contributed by atoms with Crippen LogP contribution in [0.1, 0.15) is 5.56 Å². The van der Waals surface area contributed by atoms with Gasteiger partial charge in [0.25, 0.3) is 0 Å². The number of hydrogen-bond acceptors (Lipinski definition) is 1. The van der Waals surface area contributed by atoms with Crippen LogP contribution in [-0.2, 0) is 0 Å². The highest BCUT2D eigenvalue weighted by Gasteiger charge is 2.07. The van der Waals surface area contributed by atoms with Gasteiger partial charge in [-0.1, -0.05) is 41.4 Å². The molecule has 3 heteroatoms. The second-order valence-corrected chi connectivity index (χ2v) is 4.39. The Morgan fingerprint density at radius 3 is 2.50 bits per heavy atom. The van der Waals surface area contributed by atoms with E-state index in [0.29, 0.717) is 10.0 Å². The molecule has 2 aromatic rings. The highest BCUT2D eigenvalue weighted by Crippen LogP contribution is 2.34. The van der Waals surface area contributed by atoms with Gasteiger partial charge in [0, 0.05) is 5.56 Å². The molecule has 0 amide bonds. The molecule has 0 saturated carbocycles. The van der Waals surface area contributed by atoms with Gasteiger partial charge in [-0.15, -0.1) is 0 Å². The van der Waals surface area contributed by atoms with Crippen molar-refractivity contribution in [1.29, 1.82) is 0 Å². The lowest BCUT2D eigenvalue weighted by Crippen LogP contribution is -1.82. The molecule has 0 spiro atoms. The molecule has 0 saturated heterocycles. The molecule has 82 valence electrons. The van der Waals surface area contributed by atoms with Crippen LogP contribution in [0.5, 0.6) is 5.75 Å². The molecule has 0 radical (unpaired) electrons. The van der Waals surface area contributed by atoms with Gasteiger partial charge in [-0.3, -0.25) is 0 Å². The van der Waals surface area contributed by atoms with Crippen LogP contribution in [-0.4, -0.2) is 5.11 Å². The second-order valence-electron chi connectivity index (χ2n) is 3.60. The predicted molar refractivity (Wildman–Crippen MR) is 68.3 cm³/mol. The lowest BCUT2D eigenvalue weighted by atomic mass is 10.0. The number of aromatic hydroxyl groups is 1. The summed E-state index contributed by atoms with van der Waals surface area (Å²) < 4.78 is 0. The maximum atomic E-state index is 9.46.